The SMILES string of the molecule is OC1CCC(Nc2ccc3nc(Nc4c(F)cc(F)cc4F)n([C@H]4CCOC4)c3c2)CC1. The largest absolute Gasteiger partial charge is 0.393 e. The van der Waals surface area contributed by atoms with Gasteiger partial charge in [0.05, 0.1) is 29.8 Å². The maximum atomic E-state index is 14.3. The summed E-state index contributed by atoms with van der Waals surface area (Å²) in [6, 6.07) is 7.29. The lowest BCUT2D eigenvalue weighted by Gasteiger charge is -2.27. The zero-order valence-corrected chi connectivity index (χ0v) is 17.5. The molecule has 0 bridgehead atoms. The second-order valence-electron chi connectivity index (χ2n) is 8.55. The molecule has 1 aromatic heterocycles. The minimum absolute atomic E-state index is 0.0471. The molecule has 1 aliphatic heterocycles. The van der Waals surface area contributed by atoms with E-state index in [0.29, 0.717) is 30.9 Å². The van der Waals surface area contributed by atoms with Crippen LogP contribution in [0.3, 0.4) is 0 Å². The van der Waals surface area contributed by atoms with Crippen molar-refractivity contribution in [1.82, 2.24) is 9.55 Å². The number of nitrogens with one attached hydrogen (secondary N) is 2. The summed E-state index contributed by atoms with van der Waals surface area (Å²) in [6.07, 6.45) is 3.86. The van der Waals surface area contributed by atoms with Gasteiger partial charge in [0, 0.05) is 30.5 Å². The van der Waals surface area contributed by atoms with Crippen LogP contribution in [0.2, 0.25) is 0 Å². The topological polar surface area (TPSA) is 71.3 Å². The van der Waals surface area contributed by atoms with Crippen molar-refractivity contribution in [2.45, 2.75) is 50.3 Å². The third kappa shape index (κ3) is 4.14. The summed E-state index contributed by atoms with van der Waals surface area (Å²) in [5, 5.41) is 16.0. The van der Waals surface area contributed by atoms with E-state index in [-0.39, 0.29) is 24.1 Å². The summed E-state index contributed by atoms with van der Waals surface area (Å²) < 4.78 is 49.3. The highest BCUT2D eigenvalue weighted by Crippen LogP contribution is 2.34. The van der Waals surface area contributed by atoms with Crippen LogP contribution in [0.1, 0.15) is 38.1 Å². The molecule has 3 N–H and O–H groups in total. The van der Waals surface area contributed by atoms with Gasteiger partial charge in [0.2, 0.25) is 5.95 Å². The van der Waals surface area contributed by atoms with Crippen LogP contribution in [0.25, 0.3) is 11.0 Å². The van der Waals surface area contributed by atoms with Crippen LogP contribution >= 0.6 is 0 Å². The van der Waals surface area contributed by atoms with Crippen molar-refractivity contribution in [3.05, 3.63) is 47.8 Å². The van der Waals surface area contributed by atoms with Crippen LogP contribution in [0.5, 0.6) is 0 Å². The van der Waals surface area contributed by atoms with Gasteiger partial charge in [-0.25, -0.2) is 18.2 Å². The first-order valence-electron chi connectivity index (χ1n) is 10.9. The predicted molar refractivity (Wildman–Crippen MR) is 116 cm³/mol. The Morgan fingerprint density at radius 3 is 2.44 bits per heavy atom. The Kier molecular flexibility index (Phi) is 5.69. The van der Waals surface area contributed by atoms with Crippen molar-refractivity contribution in [3.63, 3.8) is 0 Å². The van der Waals surface area contributed by atoms with Gasteiger partial charge in [0.25, 0.3) is 0 Å². The molecule has 2 heterocycles. The summed E-state index contributed by atoms with van der Waals surface area (Å²) in [5.41, 5.74) is 1.96. The molecule has 2 aliphatic rings. The number of aliphatic hydroxyl groups is 1. The Balaban J connectivity index is 1.51. The highest BCUT2D eigenvalue weighted by molar-refractivity contribution is 5.83. The lowest BCUT2D eigenvalue weighted by molar-refractivity contribution is 0.126. The normalized spacial score (nSPS) is 23.6. The number of nitrogens with zero attached hydrogens (tertiary/aromatic N) is 2. The van der Waals surface area contributed by atoms with Crippen LogP contribution in [-0.2, 0) is 4.74 Å². The van der Waals surface area contributed by atoms with E-state index in [1.807, 2.05) is 22.8 Å². The summed E-state index contributed by atoms with van der Waals surface area (Å²) in [6.45, 7) is 1.05. The maximum Gasteiger partial charge on any atom is 0.208 e. The van der Waals surface area contributed by atoms with Gasteiger partial charge in [-0.3, -0.25) is 0 Å². The van der Waals surface area contributed by atoms with E-state index in [4.69, 9.17) is 4.74 Å². The van der Waals surface area contributed by atoms with Gasteiger partial charge in [0.15, 0.2) is 11.6 Å². The Morgan fingerprint density at radius 2 is 1.75 bits per heavy atom. The molecule has 2 aromatic carbocycles. The van der Waals surface area contributed by atoms with E-state index in [1.54, 1.807) is 0 Å². The zero-order valence-electron chi connectivity index (χ0n) is 17.5. The summed E-state index contributed by atoms with van der Waals surface area (Å²) >= 11 is 0. The van der Waals surface area contributed by atoms with Gasteiger partial charge in [-0.1, -0.05) is 0 Å². The van der Waals surface area contributed by atoms with Crippen LogP contribution in [-0.4, -0.2) is 40.0 Å². The molecule has 32 heavy (non-hydrogen) atoms. The molecule has 1 saturated carbocycles. The molecule has 6 nitrogen and oxygen atoms in total. The molecular formula is C23H25F3N4O2. The molecule has 5 rings (SSSR count). The van der Waals surface area contributed by atoms with Gasteiger partial charge in [0.1, 0.15) is 11.5 Å². The van der Waals surface area contributed by atoms with E-state index in [9.17, 15) is 18.3 Å². The molecule has 1 atom stereocenters. The fourth-order valence-electron chi connectivity index (χ4n) is 4.60. The smallest absolute Gasteiger partial charge is 0.208 e. The summed E-state index contributed by atoms with van der Waals surface area (Å²) in [7, 11) is 0. The van der Waals surface area contributed by atoms with Crippen LogP contribution in [0.15, 0.2) is 30.3 Å². The van der Waals surface area contributed by atoms with E-state index < -0.39 is 23.1 Å². The van der Waals surface area contributed by atoms with E-state index in [2.05, 4.69) is 15.6 Å². The van der Waals surface area contributed by atoms with Gasteiger partial charge in [-0.15, -0.1) is 0 Å². The van der Waals surface area contributed by atoms with Crippen molar-refractivity contribution in [1.29, 1.82) is 0 Å². The maximum absolute atomic E-state index is 14.3. The first-order valence-corrected chi connectivity index (χ1v) is 10.9. The van der Waals surface area contributed by atoms with Gasteiger partial charge in [-0.2, -0.15) is 0 Å². The number of hydrogen-bond donors (Lipinski definition) is 3. The standard InChI is InChI=1S/C23H25F3N4O2/c24-13-9-18(25)22(19(26)10-13)29-23-28-20-6-3-15(27-14-1-4-17(31)5-2-14)11-21(20)30(23)16-7-8-32-12-16/h3,6,9-11,14,16-17,27,31H,1-2,4-5,7-8,12H2,(H,28,29)/t14?,16-,17?/m0/s1. The first-order chi connectivity index (χ1) is 15.5. The van der Waals surface area contributed by atoms with E-state index >= 15 is 0 Å². The van der Waals surface area contributed by atoms with E-state index in [1.165, 1.54) is 0 Å². The summed E-state index contributed by atoms with van der Waals surface area (Å²) in [4.78, 5) is 4.56. The molecule has 0 radical (unpaired) electrons. The average molecular weight is 446 g/mol. The Morgan fingerprint density at radius 1 is 1.00 bits per heavy atom. The minimum Gasteiger partial charge on any atom is -0.393 e. The third-order valence-corrected chi connectivity index (χ3v) is 6.27. The predicted octanol–water partition coefficient (Wildman–Crippen LogP) is 4.87. The molecular weight excluding hydrogens is 421 g/mol. The van der Waals surface area contributed by atoms with Gasteiger partial charge < -0.3 is 25.0 Å². The molecule has 0 amide bonds. The number of aromatic nitrogens is 2. The number of rotatable bonds is 5. The quantitative estimate of drug-likeness (QED) is 0.522. The molecule has 1 aliphatic carbocycles. The number of fused-ring (bicyclic) bond motifs is 1. The van der Waals surface area contributed by atoms with E-state index in [0.717, 1.165) is 43.3 Å². The average Bonchev–Trinajstić information content (AvgIpc) is 3.39. The fourth-order valence-corrected chi connectivity index (χ4v) is 4.60. The van der Waals surface area contributed by atoms with Gasteiger partial charge >= 0.3 is 0 Å². The van der Waals surface area contributed by atoms with Crippen molar-refractivity contribution in [2.24, 2.45) is 0 Å². The highest BCUT2D eigenvalue weighted by Gasteiger charge is 2.26. The first kappa shape index (κ1) is 21.1. The number of ether oxygens (including phenoxy) is 1. The van der Waals surface area contributed by atoms with Crippen molar-refractivity contribution >= 4 is 28.4 Å². The monoisotopic (exact) mass is 446 g/mol. The Labute approximate surface area is 183 Å². The summed E-state index contributed by atoms with van der Waals surface area (Å²) in [5.74, 6) is -2.75. The minimum atomic E-state index is -1.02. The Hall–Kier alpha value is -2.78. The number of imidazole rings is 1. The zero-order chi connectivity index (χ0) is 22.2. The second kappa shape index (κ2) is 8.63. The molecule has 9 heteroatoms. The number of aliphatic hydroxyl groups excluding tert-OH is 1. The molecule has 1 saturated heterocycles. The lowest BCUT2D eigenvalue weighted by Crippen LogP contribution is -2.28. The third-order valence-electron chi connectivity index (χ3n) is 6.27. The van der Waals surface area contributed by atoms with Crippen molar-refractivity contribution in [3.8, 4) is 0 Å². The number of hydrogen-bond acceptors (Lipinski definition) is 5. The molecule has 0 spiro atoms. The van der Waals surface area contributed by atoms with Crippen LogP contribution in [0.4, 0.5) is 30.5 Å². The number of benzene rings is 2. The molecule has 0 unspecified atom stereocenters. The van der Waals surface area contributed by atoms with Crippen molar-refractivity contribution < 1.29 is 23.0 Å². The van der Waals surface area contributed by atoms with Crippen LogP contribution < -0.4 is 10.6 Å². The molecule has 170 valence electrons. The second-order valence-corrected chi connectivity index (χ2v) is 8.55. The van der Waals surface area contributed by atoms with Crippen LogP contribution in [0, 0.1) is 17.5 Å². The Bertz CT molecular complexity index is 1100. The highest BCUT2D eigenvalue weighted by atomic mass is 19.1. The molecule has 2 fully saturated rings. The lowest BCUT2D eigenvalue weighted by atomic mass is 9.93. The number of halogens is 3. The number of anilines is 3. The molecule has 3 aromatic rings. The fraction of sp³-hybridized carbons (Fsp3) is 0.435. The van der Waals surface area contributed by atoms with Gasteiger partial charge in [-0.05, 0) is 50.3 Å². The van der Waals surface area contributed by atoms with Crippen molar-refractivity contribution in [2.75, 3.05) is 23.8 Å².